The number of aromatic amines is 1. The number of nitrogens with one attached hydrogen (secondary N) is 1. The van der Waals surface area contributed by atoms with Crippen LogP contribution in [0.4, 0.5) is 0 Å². The summed E-state index contributed by atoms with van der Waals surface area (Å²) in [7, 11) is 1.64. The minimum absolute atomic E-state index is 0.465. The van der Waals surface area contributed by atoms with Crippen molar-refractivity contribution in [2.24, 2.45) is 0 Å². The van der Waals surface area contributed by atoms with E-state index < -0.39 is 0 Å². The first-order chi connectivity index (χ1) is 9.76. The van der Waals surface area contributed by atoms with Crippen molar-refractivity contribution in [1.82, 2.24) is 15.0 Å². The zero-order valence-electron chi connectivity index (χ0n) is 11.0. The average Bonchev–Trinajstić information content (AvgIpc) is 2.46. The summed E-state index contributed by atoms with van der Waals surface area (Å²) < 4.78 is 5.65. The number of fused-ring (bicyclic) bond motifs is 1. The largest absolute Gasteiger partial charge is 0.378 e. The van der Waals surface area contributed by atoms with Crippen LogP contribution in [-0.2, 0) is 11.3 Å². The van der Waals surface area contributed by atoms with Gasteiger partial charge in [-0.05, 0) is 18.2 Å². The van der Waals surface area contributed by atoms with E-state index in [0.29, 0.717) is 17.1 Å². The molecule has 3 rings (SSSR count). The van der Waals surface area contributed by atoms with E-state index in [-0.39, 0.29) is 0 Å². The van der Waals surface area contributed by atoms with E-state index in [1.807, 2.05) is 36.4 Å². The number of nitrogens with zero attached hydrogens (tertiary/aromatic N) is 2. The second-order valence-corrected chi connectivity index (χ2v) is 4.83. The maximum Gasteiger partial charge on any atom is 0.157 e. The first-order valence-electron chi connectivity index (χ1n) is 6.21. The number of methoxy groups -OCH3 is 1. The highest BCUT2D eigenvalue weighted by atomic mass is 32.1. The molecule has 0 saturated heterocycles. The van der Waals surface area contributed by atoms with Crippen molar-refractivity contribution in [1.29, 1.82) is 0 Å². The first kappa shape index (κ1) is 12.9. The monoisotopic (exact) mass is 283 g/mol. The predicted molar refractivity (Wildman–Crippen MR) is 80.9 cm³/mol. The molecule has 5 heteroatoms. The number of pyridine rings is 1. The summed E-state index contributed by atoms with van der Waals surface area (Å²) in [6.45, 7) is 0.465. The zero-order valence-corrected chi connectivity index (χ0v) is 11.8. The van der Waals surface area contributed by atoms with Crippen molar-refractivity contribution in [3.63, 3.8) is 0 Å². The molecule has 1 N–H and O–H groups in total. The molecule has 0 fully saturated rings. The topological polar surface area (TPSA) is 50.8 Å². The molecular weight excluding hydrogens is 270 g/mol. The Morgan fingerprint density at radius 1 is 1.15 bits per heavy atom. The number of rotatable bonds is 3. The SMILES string of the molecule is COCc1cc(=S)nc(-c2ccc3ccccc3n2)[nH]1. The molecule has 0 amide bonds. The van der Waals surface area contributed by atoms with Gasteiger partial charge in [0, 0.05) is 18.2 Å². The van der Waals surface area contributed by atoms with Gasteiger partial charge in [0.25, 0.3) is 0 Å². The molecule has 2 heterocycles. The molecule has 0 spiro atoms. The van der Waals surface area contributed by atoms with Gasteiger partial charge < -0.3 is 9.72 Å². The Bertz CT molecular complexity index is 813. The van der Waals surface area contributed by atoms with Crippen LogP contribution >= 0.6 is 12.2 Å². The number of H-pyrrole nitrogens is 1. The first-order valence-corrected chi connectivity index (χ1v) is 6.62. The van der Waals surface area contributed by atoms with Crippen LogP contribution in [0, 0.1) is 4.64 Å². The standard InChI is InChI=1S/C15H13N3OS/c1-19-9-11-8-14(20)18-15(16-11)13-7-6-10-4-2-3-5-12(10)17-13/h2-8H,9H2,1H3,(H,16,18,20). The number of hydrogen-bond acceptors (Lipinski definition) is 4. The Morgan fingerprint density at radius 2 is 2.00 bits per heavy atom. The van der Waals surface area contributed by atoms with Gasteiger partial charge in [0.2, 0.25) is 0 Å². The van der Waals surface area contributed by atoms with E-state index in [1.165, 1.54) is 0 Å². The van der Waals surface area contributed by atoms with Gasteiger partial charge in [-0.1, -0.05) is 36.5 Å². The van der Waals surface area contributed by atoms with Crippen LogP contribution in [0.2, 0.25) is 0 Å². The minimum Gasteiger partial charge on any atom is -0.378 e. The van der Waals surface area contributed by atoms with Crippen molar-refractivity contribution < 1.29 is 4.74 Å². The highest BCUT2D eigenvalue weighted by molar-refractivity contribution is 7.71. The van der Waals surface area contributed by atoms with Gasteiger partial charge in [-0.25, -0.2) is 9.97 Å². The fourth-order valence-corrected chi connectivity index (χ4v) is 2.29. The smallest absolute Gasteiger partial charge is 0.157 e. The lowest BCUT2D eigenvalue weighted by molar-refractivity contribution is 0.181. The molecule has 0 atom stereocenters. The summed E-state index contributed by atoms with van der Waals surface area (Å²) in [5, 5.41) is 1.10. The molecule has 100 valence electrons. The fourth-order valence-electron chi connectivity index (χ4n) is 2.06. The van der Waals surface area contributed by atoms with Crippen molar-refractivity contribution >= 4 is 23.1 Å². The lowest BCUT2D eigenvalue weighted by Gasteiger charge is -2.06. The van der Waals surface area contributed by atoms with Crippen LogP contribution in [0.3, 0.4) is 0 Å². The van der Waals surface area contributed by atoms with Crippen molar-refractivity contribution in [3.05, 3.63) is 52.8 Å². The van der Waals surface area contributed by atoms with Crippen LogP contribution in [0.1, 0.15) is 5.69 Å². The molecule has 0 bridgehead atoms. The number of benzene rings is 1. The fraction of sp³-hybridized carbons (Fsp3) is 0.133. The Morgan fingerprint density at radius 3 is 2.85 bits per heavy atom. The second-order valence-electron chi connectivity index (χ2n) is 4.42. The third kappa shape index (κ3) is 2.59. The van der Waals surface area contributed by atoms with Gasteiger partial charge in [-0.15, -0.1) is 0 Å². The summed E-state index contributed by atoms with van der Waals surface area (Å²) in [6.07, 6.45) is 0. The maximum atomic E-state index is 5.18. The Labute approximate surface area is 121 Å². The quantitative estimate of drug-likeness (QED) is 0.747. The van der Waals surface area contributed by atoms with Crippen molar-refractivity contribution in [3.8, 4) is 11.5 Å². The molecular formula is C15H13N3OS. The van der Waals surface area contributed by atoms with Crippen LogP contribution in [0.15, 0.2) is 42.5 Å². The summed E-state index contributed by atoms with van der Waals surface area (Å²) in [5.41, 5.74) is 2.59. The normalized spacial score (nSPS) is 10.8. The highest BCUT2D eigenvalue weighted by Gasteiger charge is 2.05. The number of para-hydroxylation sites is 1. The Hall–Kier alpha value is -2.11. The van der Waals surface area contributed by atoms with E-state index in [0.717, 1.165) is 22.3 Å². The molecule has 0 radical (unpaired) electrons. The molecule has 0 aliphatic carbocycles. The summed E-state index contributed by atoms with van der Waals surface area (Å²) in [6, 6.07) is 13.7. The lowest BCUT2D eigenvalue weighted by atomic mass is 10.2. The summed E-state index contributed by atoms with van der Waals surface area (Å²) in [5.74, 6) is 0.662. The van der Waals surface area contributed by atoms with Crippen molar-refractivity contribution in [2.75, 3.05) is 7.11 Å². The highest BCUT2D eigenvalue weighted by Crippen LogP contribution is 2.18. The van der Waals surface area contributed by atoms with Crippen LogP contribution in [0.25, 0.3) is 22.4 Å². The summed E-state index contributed by atoms with van der Waals surface area (Å²) >= 11 is 5.18. The van der Waals surface area contributed by atoms with Crippen molar-refractivity contribution in [2.45, 2.75) is 6.61 Å². The van der Waals surface area contributed by atoms with Crippen LogP contribution in [0.5, 0.6) is 0 Å². The third-order valence-corrected chi connectivity index (χ3v) is 3.15. The number of hydrogen-bond donors (Lipinski definition) is 1. The average molecular weight is 283 g/mol. The molecule has 20 heavy (non-hydrogen) atoms. The van der Waals surface area contributed by atoms with Gasteiger partial charge in [0.05, 0.1) is 12.1 Å². The van der Waals surface area contributed by atoms with E-state index in [4.69, 9.17) is 17.0 Å². The molecule has 2 aromatic heterocycles. The van der Waals surface area contributed by atoms with Gasteiger partial charge in [0.15, 0.2) is 5.82 Å². The van der Waals surface area contributed by atoms with E-state index >= 15 is 0 Å². The summed E-state index contributed by atoms with van der Waals surface area (Å²) in [4.78, 5) is 12.1. The molecule has 3 aromatic rings. The molecule has 0 aliphatic heterocycles. The molecule has 0 saturated carbocycles. The zero-order chi connectivity index (χ0) is 13.9. The van der Waals surface area contributed by atoms with E-state index in [1.54, 1.807) is 13.2 Å². The minimum atomic E-state index is 0.465. The maximum absolute atomic E-state index is 5.18. The predicted octanol–water partition coefficient (Wildman–Crippen LogP) is 3.50. The van der Waals surface area contributed by atoms with Gasteiger partial charge in [-0.3, -0.25) is 0 Å². The van der Waals surface area contributed by atoms with E-state index in [9.17, 15) is 0 Å². The molecule has 1 aromatic carbocycles. The third-order valence-electron chi connectivity index (χ3n) is 2.94. The van der Waals surface area contributed by atoms with Gasteiger partial charge in [0.1, 0.15) is 10.3 Å². The second kappa shape index (κ2) is 5.48. The molecule has 0 unspecified atom stereocenters. The van der Waals surface area contributed by atoms with Gasteiger partial charge >= 0.3 is 0 Å². The molecule has 4 nitrogen and oxygen atoms in total. The van der Waals surface area contributed by atoms with E-state index in [2.05, 4.69) is 15.0 Å². The van der Waals surface area contributed by atoms with Gasteiger partial charge in [-0.2, -0.15) is 0 Å². The van der Waals surface area contributed by atoms with Crippen LogP contribution in [-0.4, -0.2) is 22.1 Å². The Balaban J connectivity index is 2.12. The lowest BCUT2D eigenvalue weighted by Crippen LogP contribution is -1.98. The number of aromatic nitrogens is 3. The molecule has 0 aliphatic rings. The van der Waals surface area contributed by atoms with Crippen LogP contribution < -0.4 is 0 Å². The Kier molecular flexibility index (Phi) is 3.54. The number of ether oxygens (including phenoxy) is 1.